The van der Waals surface area contributed by atoms with Crippen molar-refractivity contribution in [2.24, 2.45) is 0 Å². The van der Waals surface area contributed by atoms with Crippen LogP contribution in [-0.4, -0.2) is 19.9 Å². The molecule has 0 aromatic heterocycles. The average molecular weight is 360 g/mol. The van der Waals surface area contributed by atoms with Crippen LogP contribution in [0.4, 0.5) is 11.4 Å². The van der Waals surface area contributed by atoms with E-state index in [-0.39, 0.29) is 17.1 Å². The SMILES string of the molecule is C=CCN(c1c(C)cccc1C)S(=O)(=O)c1ccc(C)c([N+](=O)[O-])c1. The summed E-state index contributed by atoms with van der Waals surface area (Å²) >= 11 is 0. The monoisotopic (exact) mass is 360 g/mol. The van der Waals surface area contributed by atoms with E-state index in [1.165, 1.54) is 22.5 Å². The van der Waals surface area contributed by atoms with E-state index in [1.807, 2.05) is 32.0 Å². The molecule has 2 rings (SSSR count). The van der Waals surface area contributed by atoms with Crippen molar-refractivity contribution in [1.29, 1.82) is 0 Å². The number of nitrogens with zero attached hydrogens (tertiary/aromatic N) is 2. The molecule has 0 aliphatic rings. The van der Waals surface area contributed by atoms with Gasteiger partial charge in [-0.15, -0.1) is 6.58 Å². The Hall–Kier alpha value is -2.67. The van der Waals surface area contributed by atoms with Crippen molar-refractivity contribution >= 4 is 21.4 Å². The van der Waals surface area contributed by atoms with E-state index >= 15 is 0 Å². The molecule has 0 saturated heterocycles. The minimum atomic E-state index is -3.98. The fraction of sp³-hybridized carbons (Fsp3) is 0.222. The van der Waals surface area contributed by atoms with Crippen LogP contribution < -0.4 is 4.31 Å². The number of hydrogen-bond donors (Lipinski definition) is 0. The number of nitro groups is 1. The summed E-state index contributed by atoms with van der Waals surface area (Å²) in [4.78, 5) is 10.5. The van der Waals surface area contributed by atoms with Crippen LogP contribution in [0.5, 0.6) is 0 Å². The number of hydrogen-bond acceptors (Lipinski definition) is 4. The second-order valence-corrected chi connectivity index (χ2v) is 7.63. The lowest BCUT2D eigenvalue weighted by atomic mass is 10.1. The summed E-state index contributed by atoms with van der Waals surface area (Å²) in [5.74, 6) is 0. The first-order valence-electron chi connectivity index (χ1n) is 7.65. The lowest BCUT2D eigenvalue weighted by molar-refractivity contribution is -0.385. The van der Waals surface area contributed by atoms with Crippen LogP contribution in [0.25, 0.3) is 0 Å². The topological polar surface area (TPSA) is 80.5 Å². The number of anilines is 1. The van der Waals surface area contributed by atoms with E-state index in [0.29, 0.717) is 11.3 Å². The molecule has 0 N–H and O–H groups in total. The second-order valence-electron chi connectivity index (χ2n) is 5.77. The predicted molar refractivity (Wildman–Crippen MR) is 98.5 cm³/mol. The Kier molecular flexibility index (Phi) is 5.27. The fourth-order valence-corrected chi connectivity index (χ4v) is 4.28. The van der Waals surface area contributed by atoms with Crippen LogP contribution in [0.3, 0.4) is 0 Å². The Bertz CT molecular complexity index is 916. The summed E-state index contributed by atoms with van der Waals surface area (Å²) in [6, 6.07) is 9.44. The Labute approximate surface area is 147 Å². The normalized spacial score (nSPS) is 11.2. The molecule has 0 aliphatic heterocycles. The van der Waals surface area contributed by atoms with E-state index in [2.05, 4.69) is 6.58 Å². The third kappa shape index (κ3) is 3.56. The highest BCUT2D eigenvalue weighted by molar-refractivity contribution is 7.92. The number of aryl methyl sites for hydroxylation is 3. The third-order valence-corrected chi connectivity index (χ3v) is 5.71. The fourth-order valence-electron chi connectivity index (χ4n) is 2.70. The van der Waals surface area contributed by atoms with Gasteiger partial charge in [-0.05, 0) is 38.0 Å². The molecule has 0 saturated carbocycles. The molecule has 0 bridgehead atoms. The molecule has 0 heterocycles. The maximum absolute atomic E-state index is 13.2. The molecule has 0 amide bonds. The molecule has 0 unspecified atom stereocenters. The highest BCUT2D eigenvalue weighted by atomic mass is 32.2. The van der Waals surface area contributed by atoms with Crippen molar-refractivity contribution < 1.29 is 13.3 Å². The van der Waals surface area contributed by atoms with Gasteiger partial charge in [0, 0.05) is 11.6 Å². The zero-order valence-corrected chi connectivity index (χ0v) is 15.2. The van der Waals surface area contributed by atoms with Gasteiger partial charge in [-0.2, -0.15) is 0 Å². The molecule has 2 aromatic carbocycles. The molecule has 132 valence electrons. The number of para-hydroxylation sites is 1. The first-order valence-corrected chi connectivity index (χ1v) is 9.09. The Morgan fingerprint density at radius 1 is 1.12 bits per heavy atom. The minimum absolute atomic E-state index is 0.0652. The zero-order valence-electron chi connectivity index (χ0n) is 14.4. The molecular weight excluding hydrogens is 340 g/mol. The van der Waals surface area contributed by atoms with Gasteiger partial charge in [-0.3, -0.25) is 14.4 Å². The van der Waals surface area contributed by atoms with E-state index in [4.69, 9.17) is 0 Å². The zero-order chi connectivity index (χ0) is 18.8. The molecule has 6 nitrogen and oxygen atoms in total. The number of nitro benzene ring substituents is 1. The number of sulfonamides is 1. The van der Waals surface area contributed by atoms with Gasteiger partial charge < -0.3 is 0 Å². The summed E-state index contributed by atoms with van der Waals surface area (Å²) in [5.41, 5.74) is 2.34. The van der Waals surface area contributed by atoms with Crippen molar-refractivity contribution in [2.45, 2.75) is 25.7 Å². The van der Waals surface area contributed by atoms with E-state index in [9.17, 15) is 18.5 Å². The Balaban J connectivity index is 2.68. The summed E-state index contributed by atoms with van der Waals surface area (Å²) < 4.78 is 27.6. The molecule has 25 heavy (non-hydrogen) atoms. The predicted octanol–water partition coefficient (Wildman–Crippen LogP) is 3.90. The molecular formula is C18H20N2O4S. The number of benzene rings is 2. The highest BCUT2D eigenvalue weighted by Crippen LogP contribution is 2.31. The van der Waals surface area contributed by atoms with Crippen molar-refractivity contribution in [2.75, 3.05) is 10.8 Å². The van der Waals surface area contributed by atoms with Crippen molar-refractivity contribution in [1.82, 2.24) is 0 Å². The minimum Gasteiger partial charge on any atom is -0.262 e. The van der Waals surface area contributed by atoms with Gasteiger partial charge in [0.25, 0.3) is 15.7 Å². The maximum atomic E-state index is 13.2. The highest BCUT2D eigenvalue weighted by Gasteiger charge is 2.28. The molecule has 0 spiro atoms. The number of rotatable bonds is 6. The van der Waals surface area contributed by atoms with Crippen molar-refractivity contribution in [3.8, 4) is 0 Å². The Morgan fingerprint density at radius 3 is 2.24 bits per heavy atom. The lowest BCUT2D eigenvalue weighted by Gasteiger charge is -2.26. The largest absolute Gasteiger partial charge is 0.273 e. The van der Waals surface area contributed by atoms with E-state index in [1.54, 1.807) is 6.92 Å². The maximum Gasteiger partial charge on any atom is 0.273 e. The second kappa shape index (κ2) is 7.06. The van der Waals surface area contributed by atoms with Gasteiger partial charge in [-0.1, -0.05) is 30.3 Å². The molecule has 7 heteroatoms. The summed E-state index contributed by atoms with van der Waals surface area (Å²) in [7, 11) is -3.98. The quantitative estimate of drug-likeness (QED) is 0.444. The molecule has 0 fully saturated rings. The Morgan fingerprint density at radius 2 is 1.72 bits per heavy atom. The van der Waals surface area contributed by atoms with Crippen LogP contribution >= 0.6 is 0 Å². The van der Waals surface area contributed by atoms with Crippen LogP contribution in [0.15, 0.2) is 53.9 Å². The van der Waals surface area contributed by atoms with Gasteiger partial charge in [0.15, 0.2) is 0 Å². The lowest BCUT2D eigenvalue weighted by Crippen LogP contribution is -2.32. The van der Waals surface area contributed by atoms with Crippen LogP contribution in [-0.2, 0) is 10.0 Å². The standard InChI is InChI=1S/C18H20N2O4S/c1-5-11-19(18-14(3)7-6-8-15(18)4)25(23,24)16-10-9-13(2)17(12-16)20(21)22/h5-10,12H,1,11H2,2-4H3. The van der Waals surface area contributed by atoms with Gasteiger partial charge in [0.1, 0.15) is 0 Å². The molecule has 0 atom stereocenters. The summed E-state index contributed by atoms with van der Waals surface area (Å²) in [6.07, 6.45) is 1.49. The van der Waals surface area contributed by atoms with Crippen LogP contribution in [0.2, 0.25) is 0 Å². The molecule has 0 aliphatic carbocycles. The van der Waals surface area contributed by atoms with Gasteiger partial charge >= 0.3 is 0 Å². The third-order valence-electron chi connectivity index (χ3n) is 3.95. The van der Waals surface area contributed by atoms with Gasteiger partial charge in [-0.25, -0.2) is 8.42 Å². The summed E-state index contributed by atoms with van der Waals surface area (Å²) in [6.45, 7) is 8.92. The smallest absolute Gasteiger partial charge is 0.262 e. The van der Waals surface area contributed by atoms with Crippen molar-refractivity contribution in [3.05, 3.63) is 75.9 Å². The van der Waals surface area contributed by atoms with E-state index in [0.717, 1.165) is 17.2 Å². The van der Waals surface area contributed by atoms with Gasteiger partial charge in [0.2, 0.25) is 0 Å². The van der Waals surface area contributed by atoms with E-state index < -0.39 is 14.9 Å². The van der Waals surface area contributed by atoms with Crippen molar-refractivity contribution in [3.63, 3.8) is 0 Å². The average Bonchev–Trinajstić information content (AvgIpc) is 2.53. The molecule has 2 aromatic rings. The first kappa shape index (κ1) is 18.7. The van der Waals surface area contributed by atoms with Crippen LogP contribution in [0.1, 0.15) is 16.7 Å². The van der Waals surface area contributed by atoms with Crippen LogP contribution in [0, 0.1) is 30.9 Å². The summed E-state index contributed by atoms with van der Waals surface area (Å²) in [5, 5.41) is 11.2. The first-order chi connectivity index (χ1) is 11.7. The molecule has 0 radical (unpaired) electrons. The van der Waals surface area contributed by atoms with Gasteiger partial charge in [0.05, 0.1) is 22.1 Å².